The van der Waals surface area contributed by atoms with Crippen molar-refractivity contribution in [1.82, 2.24) is 15.1 Å². The number of carbonyl (C=O) groups is 3. The minimum absolute atomic E-state index is 0.0785. The van der Waals surface area contributed by atoms with E-state index in [0.717, 1.165) is 5.56 Å². The van der Waals surface area contributed by atoms with E-state index in [1.807, 2.05) is 35.2 Å². The van der Waals surface area contributed by atoms with Gasteiger partial charge in [-0.3, -0.25) is 14.5 Å². The number of piperidine rings is 1. The van der Waals surface area contributed by atoms with Gasteiger partial charge < -0.3 is 15.0 Å². The predicted octanol–water partition coefficient (Wildman–Crippen LogP) is 1.28. The lowest BCUT2D eigenvalue weighted by Crippen LogP contribution is -2.54. The van der Waals surface area contributed by atoms with Crippen molar-refractivity contribution < 1.29 is 19.1 Å². The van der Waals surface area contributed by atoms with Crippen molar-refractivity contribution in [3.8, 4) is 0 Å². The number of imide groups is 1. The van der Waals surface area contributed by atoms with Gasteiger partial charge in [-0.25, -0.2) is 4.79 Å². The van der Waals surface area contributed by atoms with E-state index < -0.39 is 5.41 Å². The number of benzene rings is 1. The third-order valence-electron chi connectivity index (χ3n) is 6.08. The Balaban J connectivity index is 1.49. The molecule has 0 aromatic heterocycles. The van der Waals surface area contributed by atoms with Crippen LogP contribution in [-0.4, -0.2) is 66.5 Å². The molecule has 3 saturated heterocycles. The molecule has 1 aromatic rings. The molecule has 3 heterocycles. The zero-order valence-electron chi connectivity index (χ0n) is 15.4. The van der Waals surface area contributed by atoms with Gasteiger partial charge in [-0.2, -0.15) is 0 Å². The number of amides is 4. The third kappa shape index (κ3) is 3.20. The summed E-state index contributed by atoms with van der Waals surface area (Å²) >= 11 is 0. The van der Waals surface area contributed by atoms with Gasteiger partial charge in [0.25, 0.3) is 0 Å². The Labute approximate surface area is 158 Å². The highest BCUT2D eigenvalue weighted by atomic mass is 16.5. The topological polar surface area (TPSA) is 79.0 Å². The highest BCUT2D eigenvalue weighted by Gasteiger charge is 2.45. The van der Waals surface area contributed by atoms with E-state index in [0.29, 0.717) is 52.0 Å². The summed E-state index contributed by atoms with van der Waals surface area (Å²) in [4.78, 5) is 40.6. The molecule has 4 amide bonds. The quantitative estimate of drug-likeness (QED) is 0.812. The van der Waals surface area contributed by atoms with Crippen molar-refractivity contribution in [2.45, 2.75) is 37.1 Å². The molecule has 1 aromatic carbocycles. The first kappa shape index (κ1) is 18.0. The Morgan fingerprint density at radius 2 is 1.74 bits per heavy atom. The summed E-state index contributed by atoms with van der Waals surface area (Å²) in [6.45, 7) is 2.38. The molecule has 27 heavy (non-hydrogen) atoms. The number of carbonyl (C=O) groups excluding carboxylic acids is 3. The number of urea groups is 1. The molecular weight excluding hydrogens is 346 g/mol. The molecule has 0 atom stereocenters. The van der Waals surface area contributed by atoms with Gasteiger partial charge in [0.05, 0.1) is 12.0 Å². The SMILES string of the molecule is O=C1CNC(=O)N1C1CCN(C(=O)C2(c3ccccc3)CCOCC2)CC1. The van der Waals surface area contributed by atoms with Crippen molar-refractivity contribution >= 4 is 17.8 Å². The zero-order valence-corrected chi connectivity index (χ0v) is 15.4. The van der Waals surface area contributed by atoms with E-state index in [2.05, 4.69) is 5.32 Å². The van der Waals surface area contributed by atoms with Crippen LogP contribution in [-0.2, 0) is 19.7 Å². The maximum Gasteiger partial charge on any atom is 0.324 e. The molecule has 3 aliphatic rings. The zero-order chi connectivity index (χ0) is 18.9. The number of hydrogen-bond donors (Lipinski definition) is 1. The second kappa shape index (κ2) is 7.31. The summed E-state index contributed by atoms with van der Waals surface area (Å²) in [7, 11) is 0. The largest absolute Gasteiger partial charge is 0.381 e. The van der Waals surface area contributed by atoms with Crippen LogP contribution in [0.4, 0.5) is 4.79 Å². The fraction of sp³-hybridized carbons (Fsp3) is 0.550. The summed E-state index contributed by atoms with van der Waals surface area (Å²) in [6.07, 6.45) is 2.63. The van der Waals surface area contributed by atoms with Crippen LogP contribution in [0.2, 0.25) is 0 Å². The van der Waals surface area contributed by atoms with Crippen molar-refractivity contribution in [2.75, 3.05) is 32.8 Å². The van der Waals surface area contributed by atoms with Crippen LogP contribution < -0.4 is 5.32 Å². The summed E-state index contributed by atoms with van der Waals surface area (Å²) in [5.41, 5.74) is 0.516. The van der Waals surface area contributed by atoms with E-state index in [1.165, 1.54) is 4.90 Å². The average Bonchev–Trinajstić information content (AvgIpc) is 3.07. The van der Waals surface area contributed by atoms with Crippen molar-refractivity contribution in [1.29, 1.82) is 0 Å². The highest BCUT2D eigenvalue weighted by molar-refractivity contribution is 6.02. The molecule has 0 unspecified atom stereocenters. The molecule has 7 nitrogen and oxygen atoms in total. The first-order valence-electron chi connectivity index (χ1n) is 9.64. The van der Waals surface area contributed by atoms with Gasteiger partial charge >= 0.3 is 6.03 Å². The maximum atomic E-state index is 13.5. The number of ether oxygens (including phenoxy) is 1. The summed E-state index contributed by atoms with van der Waals surface area (Å²) in [6, 6.07) is 9.55. The number of rotatable bonds is 3. The molecule has 0 saturated carbocycles. The first-order chi connectivity index (χ1) is 13.1. The van der Waals surface area contributed by atoms with Gasteiger partial charge in [0.1, 0.15) is 0 Å². The van der Waals surface area contributed by atoms with Gasteiger partial charge in [0, 0.05) is 32.3 Å². The lowest BCUT2D eigenvalue weighted by Gasteiger charge is -2.43. The van der Waals surface area contributed by atoms with E-state index in [1.54, 1.807) is 0 Å². The predicted molar refractivity (Wildman–Crippen MR) is 98.0 cm³/mol. The summed E-state index contributed by atoms with van der Waals surface area (Å²) in [5.74, 6) is -0.0254. The standard InChI is InChI=1S/C20H25N3O4/c24-17-14-21-19(26)23(17)16-6-10-22(11-7-16)18(25)20(8-12-27-13-9-20)15-4-2-1-3-5-15/h1-5,16H,6-14H2,(H,21,26). The normalized spacial score (nSPS) is 23.4. The summed E-state index contributed by atoms with van der Waals surface area (Å²) in [5, 5.41) is 2.57. The van der Waals surface area contributed by atoms with Crippen LogP contribution in [0.5, 0.6) is 0 Å². The Kier molecular flexibility index (Phi) is 4.86. The Morgan fingerprint density at radius 3 is 2.33 bits per heavy atom. The Morgan fingerprint density at radius 1 is 1.07 bits per heavy atom. The average molecular weight is 371 g/mol. The fourth-order valence-electron chi connectivity index (χ4n) is 4.54. The molecule has 0 aliphatic carbocycles. The van der Waals surface area contributed by atoms with E-state index in [9.17, 15) is 14.4 Å². The van der Waals surface area contributed by atoms with Gasteiger partial charge in [0.15, 0.2) is 0 Å². The highest BCUT2D eigenvalue weighted by Crippen LogP contribution is 2.37. The van der Waals surface area contributed by atoms with E-state index in [4.69, 9.17) is 4.74 Å². The smallest absolute Gasteiger partial charge is 0.324 e. The van der Waals surface area contributed by atoms with Crippen molar-refractivity contribution in [2.24, 2.45) is 0 Å². The van der Waals surface area contributed by atoms with Crippen LogP contribution in [0, 0.1) is 0 Å². The fourth-order valence-corrected chi connectivity index (χ4v) is 4.54. The minimum atomic E-state index is -0.535. The van der Waals surface area contributed by atoms with Gasteiger partial charge in [-0.05, 0) is 31.2 Å². The minimum Gasteiger partial charge on any atom is -0.381 e. The number of hydrogen-bond acceptors (Lipinski definition) is 4. The van der Waals surface area contributed by atoms with Gasteiger partial charge in [-0.1, -0.05) is 30.3 Å². The lowest BCUT2D eigenvalue weighted by molar-refractivity contribution is -0.143. The maximum absolute atomic E-state index is 13.5. The van der Waals surface area contributed by atoms with Crippen molar-refractivity contribution in [3.05, 3.63) is 35.9 Å². The Hall–Kier alpha value is -2.41. The molecule has 7 heteroatoms. The third-order valence-corrected chi connectivity index (χ3v) is 6.08. The molecule has 3 fully saturated rings. The molecule has 0 radical (unpaired) electrons. The number of nitrogens with zero attached hydrogens (tertiary/aromatic N) is 2. The van der Waals surface area contributed by atoms with Gasteiger partial charge in [-0.15, -0.1) is 0 Å². The van der Waals surface area contributed by atoms with Crippen LogP contribution in [0.25, 0.3) is 0 Å². The van der Waals surface area contributed by atoms with Crippen molar-refractivity contribution in [3.63, 3.8) is 0 Å². The number of nitrogens with one attached hydrogen (secondary N) is 1. The Bertz CT molecular complexity index is 706. The molecule has 4 rings (SSSR count). The monoisotopic (exact) mass is 371 g/mol. The van der Waals surface area contributed by atoms with Crippen LogP contribution in [0.1, 0.15) is 31.2 Å². The van der Waals surface area contributed by atoms with Gasteiger partial charge in [0.2, 0.25) is 11.8 Å². The lowest BCUT2D eigenvalue weighted by atomic mass is 9.72. The number of likely N-dealkylation sites (tertiary alicyclic amines) is 1. The second-order valence-electron chi connectivity index (χ2n) is 7.51. The first-order valence-corrected chi connectivity index (χ1v) is 9.64. The molecule has 144 valence electrons. The van der Waals surface area contributed by atoms with Crippen LogP contribution in [0.15, 0.2) is 30.3 Å². The molecule has 1 N–H and O–H groups in total. The molecule has 0 bridgehead atoms. The summed E-state index contributed by atoms with van der Waals surface area (Å²) < 4.78 is 5.53. The van der Waals surface area contributed by atoms with E-state index >= 15 is 0 Å². The van der Waals surface area contributed by atoms with Crippen LogP contribution in [0.3, 0.4) is 0 Å². The molecule has 3 aliphatic heterocycles. The second-order valence-corrected chi connectivity index (χ2v) is 7.51. The van der Waals surface area contributed by atoms with E-state index in [-0.39, 0.29) is 30.4 Å². The molecular formula is C20H25N3O4. The molecule has 0 spiro atoms. The van der Waals surface area contributed by atoms with Crippen LogP contribution >= 0.6 is 0 Å².